The SMILES string of the molecule is Cc1ccc(CN(Cc2nc(C(=O)NC3CC3)co2)C(C)c2ccccc2)c(C)c1. The lowest BCUT2D eigenvalue weighted by atomic mass is 10.0. The van der Waals surface area contributed by atoms with E-state index in [1.807, 2.05) is 6.07 Å². The molecule has 1 N–H and O–H groups in total. The summed E-state index contributed by atoms with van der Waals surface area (Å²) in [7, 11) is 0. The van der Waals surface area contributed by atoms with Crippen LogP contribution in [0, 0.1) is 13.8 Å². The third-order valence-electron chi connectivity index (χ3n) is 5.74. The number of carbonyl (C=O) groups excluding carboxylic acids is 1. The number of amides is 1. The van der Waals surface area contributed by atoms with Gasteiger partial charge in [0, 0.05) is 18.6 Å². The molecule has 0 saturated heterocycles. The van der Waals surface area contributed by atoms with Crippen molar-refractivity contribution in [3.8, 4) is 0 Å². The van der Waals surface area contributed by atoms with Crippen molar-refractivity contribution in [3.05, 3.63) is 88.6 Å². The van der Waals surface area contributed by atoms with Crippen LogP contribution in [0.3, 0.4) is 0 Å². The van der Waals surface area contributed by atoms with Crippen LogP contribution in [0.25, 0.3) is 0 Å². The number of oxazole rings is 1. The van der Waals surface area contributed by atoms with Gasteiger partial charge in [0.1, 0.15) is 6.26 Å². The molecule has 5 heteroatoms. The van der Waals surface area contributed by atoms with E-state index in [4.69, 9.17) is 4.42 Å². The minimum Gasteiger partial charge on any atom is -0.447 e. The van der Waals surface area contributed by atoms with Gasteiger partial charge in [-0.05, 0) is 50.3 Å². The number of nitrogens with one attached hydrogen (secondary N) is 1. The highest BCUT2D eigenvalue weighted by molar-refractivity contribution is 5.92. The summed E-state index contributed by atoms with van der Waals surface area (Å²) in [4.78, 5) is 19.1. The fraction of sp³-hybridized carbons (Fsp3) is 0.360. The van der Waals surface area contributed by atoms with Crippen LogP contribution in [0.15, 0.2) is 59.2 Å². The predicted octanol–water partition coefficient (Wildman–Crippen LogP) is 4.95. The molecule has 30 heavy (non-hydrogen) atoms. The molecule has 1 aliphatic carbocycles. The van der Waals surface area contributed by atoms with Crippen molar-refractivity contribution in [2.45, 2.75) is 58.8 Å². The average Bonchev–Trinajstić information content (AvgIpc) is 3.43. The molecule has 1 fully saturated rings. The molecule has 1 aromatic heterocycles. The second kappa shape index (κ2) is 8.84. The van der Waals surface area contributed by atoms with Gasteiger partial charge in [0.05, 0.1) is 6.54 Å². The number of rotatable bonds is 8. The van der Waals surface area contributed by atoms with Gasteiger partial charge >= 0.3 is 0 Å². The normalized spacial score (nSPS) is 14.7. The van der Waals surface area contributed by atoms with Crippen molar-refractivity contribution in [1.82, 2.24) is 15.2 Å². The number of hydrogen-bond acceptors (Lipinski definition) is 4. The Labute approximate surface area is 178 Å². The lowest BCUT2D eigenvalue weighted by Gasteiger charge is -2.29. The molecular weight excluding hydrogens is 374 g/mol. The van der Waals surface area contributed by atoms with Crippen LogP contribution in [0.5, 0.6) is 0 Å². The predicted molar refractivity (Wildman–Crippen MR) is 117 cm³/mol. The highest BCUT2D eigenvalue weighted by atomic mass is 16.3. The molecule has 1 saturated carbocycles. The zero-order chi connectivity index (χ0) is 21.1. The molecule has 5 nitrogen and oxygen atoms in total. The summed E-state index contributed by atoms with van der Waals surface area (Å²) >= 11 is 0. The highest BCUT2D eigenvalue weighted by Crippen LogP contribution is 2.26. The van der Waals surface area contributed by atoms with E-state index in [-0.39, 0.29) is 11.9 Å². The van der Waals surface area contributed by atoms with Crippen molar-refractivity contribution < 1.29 is 9.21 Å². The van der Waals surface area contributed by atoms with Gasteiger partial charge in [0.15, 0.2) is 5.69 Å². The Morgan fingerprint density at radius 1 is 1.17 bits per heavy atom. The van der Waals surface area contributed by atoms with E-state index in [1.165, 1.54) is 28.5 Å². The van der Waals surface area contributed by atoms with Crippen molar-refractivity contribution in [3.63, 3.8) is 0 Å². The largest absolute Gasteiger partial charge is 0.447 e. The Morgan fingerprint density at radius 2 is 1.93 bits per heavy atom. The average molecular weight is 404 g/mol. The first-order chi connectivity index (χ1) is 14.5. The zero-order valence-corrected chi connectivity index (χ0v) is 17.9. The second-order valence-corrected chi connectivity index (χ2v) is 8.30. The minimum absolute atomic E-state index is 0.149. The van der Waals surface area contributed by atoms with Crippen LogP contribution in [-0.2, 0) is 13.1 Å². The third-order valence-corrected chi connectivity index (χ3v) is 5.74. The minimum atomic E-state index is -0.149. The maximum Gasteiger partial charge on any atom is 0.273 e. The van der Waals surface area contributed by atoms with Crippen LogP contribution in [0.4, 0.5) is 0 Å². The number of nitrogens with zero attached hydrogens (tertiary/aromatic N) is 2. The lowest BCUT2D eigenvalue weighted by Crippen LogP contribution is -2.27. The quantitative estimate of drug-likeness (QED) is 0.578. The summed E-state index contributed by atoms with van der Waals surface area (Å²) in [5.41, 5.74) is 5.41. The van der Waals surface area contributed by atoms with E-state index in [9.17, 15) is 4.79 Å². The molecule has 2 aromatic carbocycles. The van der Waals surface area contributed by atoms with Gasteiger partial charge < -0.3 is 9.73 Å². The Kier molecular flexibility index (Phi) is 6.00. The molecule has 1 aliphatic rings. The summed E-state index contributed by atoms with van der Waals surface area (Å²) in [5, 5.41) is 2.96. The maximum atomic E-state index is 12.3. The van der Waals surface area contributed by atoms with E-state index < -0.39 is 0 Å². The molecule has 1 amide bonds. The fourth-order valence-electron chi connectivity index (χ4n) is 3.66. The van der Waals surface area contributed by atoms with Crippen molar-refractivity contribution >= 4 is 5.91 Å². The van der Waals surface area contributed by atoms with E-state index in [2.05, 4.69) is 78.4 Å². The second-order valence-electron chi connectivity index (χ2n) is 8.30. The molecule has 0 spiro atoms. The monoisotopic (exact) mass is 403 g/mol. The number of aryl methyl sites for hydroxylation is 2. The molecule has 4 rings (SSSR count). The van der Waals surface area contributed by atoms with E-state index in [0.717, 1.165) is 19.4 Å². The van der Waals surface area contributed by atoms with Gasteiger partial charge in [0.25, 0.3) is 5.91 Å². The standard InChI is InChI=1S/C25H29N3O2/c1-17-9-10-21(18(2)13-17)14-28(19(3)20-7-5-4-6-8-20)15-24-27-23(16-30-24)25(29)26-22-11-12-22/h4-10,13,16,19,22H,11-12,14-15H2,1-3H3,(H,26,29). The topological polar surface area (TPSA) is 58.4 Å². The number of carbonyl (C=O) groups is 1. The van der Waals surface area contributed by atoms with Gasteiger partial charge in [-0.1, -0.05) is 54.1 Å². The van der Waals surface area contributed by atoms with E-state index in [1.54, 1.807) is 0 Å². The fourth-order valence-corrected chi connectivity index (χ4v) is 3.66. The van der Waals surface area contributed by atoms with Crippen molar-refractivity contribution in [2.24, 2.45) is 0 Å². The van der Waals surface area contributed by atoms with E-state index >= 15 is 0 Å². The summed E-state index contributed by atoms with van der Waals surface area (Å²) in [6.07, 6.45) is 3.57. The van der Waals surface area contributed by atoms with Gasteiger partial charge in [0.2, 0.25) is 5.89 Å². The first-order valence-electron chi connectivity index (χ1n) is 10.6. The van der Waals surface area contributed by atoms with Gasteiger partial charge in [-0.15, -0.1) is 0 Å². The van der Waals surface area contributed by atoms with Gasteiger partial charge in [-0.2, -0.15) is 0 Å². The molecule has 1 heterocycles. The Morgan fingerprint density at radius 3 is 2.63 bits per heavy atom. The van der Waals surface area contributed by atoms with Crippen molar-refractivity contribution in [1.29, 1.82) is 0 Å². The smallest absolute Gasteiger partial charge is 0.273 e. The summed E-state index contributed by atoms with van der Waals surface area (Å²) in [5.74, 6) is 0.410. The van der Waals surface area contributed by atoms with Crippen LogP contribution >= 0.6 is 0 Å². The molecule has 0 aliphatic heterocycles. The molecule has 156 valence electrons. The van der Waals surface area contributed by atoms with Crippen molar-refractivity contribution in [2.75, 3.05) is 0 Å². The first-order valence-corrected chi connectivity index (χ1v) is 10.6. The molecule has 1 unspecified atom stereocenters. The first kappa shape index (κ1) is 20.4. The molecule has 0 bridgehead atoms. The van der Waals surface area contributed by atoms with Crippen LogP contribution in [0.2, 0.25) is 0 Å². The van der Waals surface area contributed by atoms with Crippen LogP contribution < -0.4 is 5.32 Å². The third kappa shape index (κ3) is 4.97. The van der Waals surface area contributed by atoms with E-state index in [0.29, 0.717) is 24.2 Å². The van der Waals surface area contributed by atoms with Gasteiger partial charge in [-0.25, -0.2) is 4.98 Å². The Balaban J connectivity index is 1.55. The number of hydrogen-bond donors (Lipinski definition) is 1. The molecule has 0 radical (unpaired) electrons. The number of aromatic nitrogens is 1. The lowest BCUT2D eigenvalue weighted by molar-refractivity contribution is 0.0946. The Bertz CT molecular complexity index is 1010. The number of benzene rings is 2. The maximum absolute atomic E-state index is 12.3. The summed E-state index contributed by atoms with van der Waals surface area (Å²) in [6, 6.07) is 17.5. The zero-order valence-electron chi connectivity index (χ0n) is 17.9. The Hall–Kier alpha value is -2.92. The molecular formula is C25H29N3O2. The van der Waals surface area contributed by atoms with Crippen LogP contribution in [0.1, 0.15) is 64.4 Å². The molecule has 1 atom stereocenters. The summed E-state index contributed by atoms with van der Waals surface area (Å²) in [6.45, 7) is 7.76. The molecule has 3 aromatic rings. The van der Waals surface area contributed by atoms with Gasteiger partial charge in [-0.3, -0.25) is 9.69 Å². The summed E-state index contributed by atoms with van der Waals surface area (Å²) < 4.78 is 5.68. The van der Waals surface area contributed by atoms with Crippen LogP contribution in [-0.4, -0.2) is 21.8 Å². The highest BCUT2D eigenvalue weighted by Gasteiger charge is 2.26.